The third-order valence-corrected chi connectivity index (χ3v) is 4.64. The minimum Gasteiger partial charge on any atom is -0.392 e. The van der Waals surface area contributed by atoms with Crippen LogP contribution >= 0.6 is 0 Å². The molecule has 2 aliphatic heterocycles. The number of amides is 1. The summed E-state index contributed by atoms with van der Waals surface area (Å²) in [7, 11) is 0. The van der Waals surface area contributed by atoms with Gasteiger partial charge in [0.05, 0.1) is 12.4 Å². The van der Waals surface area contributed by atoms with Gasteiger partial charge in [-0.3, -0.25) is 9.69 Å². The highest BCUT2D eigenvalue weighted by Gasteiger charge is 2.29. The Kier molecular flexibility index (Phi) is 4.55. The lowest BCUT2D eigenvalue weighted by atomic mass is 9.99. The van der Waals surface area contributed by atoms with Crippen LogP contribution in [0.2, 0.25) is 0 Å². The highest BCUT2D eigenvalue weighted by Crippen LogP contribution is 2.21. The predicted octanol–water partition coefficient (Wildman–Crippen LogP) is 0.331. The van der Waals surface area contributed by atoms with Gasteiger partial charge in [-0.05, 0) is 32.2 Å². The lowest BCUT2D eigenvalue weighted by Gasteiger charge is -2.41. The first-order valence-electron chi connectivity index (χ1n) is 7.88. The molecule has 1 unspecified atom stereocenters. The van der Waals surface area contributed by atoms with Crippen LogP contribution in [0.15, 0.2) is 18.7 Å². The van der Waals surface area contributed by atoms with Crippen molar-refractivity contribution in [1.29, 1.82) is 0 Å². The first-order chi connectivity index (χ1) is 10.2. The van der Waals surface area contributed by atoms with E-state index in [0.717, 1.165) is 51.9 Å². The number of likely N-dealkylation sites (tertiary alicyclic amines) is 2. The van der Waals surface area contributed by atoms with Crippen LogP contribution in [0.3, 0.4) is 0 Å². The smallest absolute Gasteiger partial charge is 0.242 e. The Morgan fingerprint density at radius 1 is 1.24 bits per heavy atom. The van der Waals surface area contributed by atoms with Crippen LogP contribution in [0, 0.1) is 0 Å². The Hall–Kier alpha value is -1.40. The van der Waals surface area contributed by atoms with Crippen LogP contribution < -0.4 is 0 Å². The molecule has 1 N–H and O–H groups in total. The molecule has 1 aromatic rings. The minimum absolute atomic E-state index is 0.167. The molecule has 6 heteroatoms. The average Bonchev–Trinajstić information content (AvgIpc) is 3.00. The van der Waals surface area contributed by atoms with E-state index in [9.17, 15) is 9.90 Å². The van der Waals surface area contributed by atoms with Gasteiger partial charge in [-0.2, -0.15) is 0 Å². The fourth-order valence-electron chi connectivity index (χ4n) is 3.43. The zero-order valence-electron chi connectivity index (χ0n) is 12.4. The number of aliphatic hydroxyl groups is 1. The van der Waals surface area contributed by atoms with E-state index in [0.29, 0.717) is 12.6 Å². The van der Waals surface area contributed by atoms with Gasteiger partial charge in [0.15, 0.2) is 0 Å². The predicted molar refractivity (Wildman–Crippen MR) is 78.6 cm³/mol. The number of carbonyl (C=O) groups is 1. The minimum atomic E-state index is -0.167. The number of β-amino-alcohol motifs (C(OH)–C–C–N with tert-alkyl or cyclic N) is 1. The van der Waals surface area contributed by atoms with E-state index in [2.05, 4.69) is 9.88 Å². The van der Waals surface area contributed by atoms with Gasteiger partial charge >= 0.3 is 0 Å². The summed E-state index contributed by atoms with van der Waals surface area (Å²) in [6.07, 6.45) is 9.07. The summed E-state index contributed by atoms with van der Waals surface area (Å²) in [5.41, 5.74) is 0. The molecule has 116 valence electrons. The molecule has 0 aromatic carbocycles. The Morgan fingerprint density at radius 3 is 2.71 bits per heavy atom. The molecule has 0 saturated carbocycles. The molecule has 1 aromatic heterocycles. The zero-order chi connectivity index (χ0) is 14.7. The Balaban J connectivity index is 1.47. The van der Waals surface area contributed by atoms with Crippen molar-refractivity contribution in [3.8, 4) is 0 Å². The second kappa shape index (κ2) is 6.58. The van der Waals surface area contributed by atoms with Gasteiger partial charge < -0.3 is 14.6 Å². The SMILES string of the molecule is O=C(Cn1ccnc1)N1CCC(N2CCCC(O)C2)CC1. The second-order valence-corrected chi connectivity index (χ2v) is 6.14. The maximum absolute atomic E-state index is 12.2. The highest BCUT2D eigenvalue weighted by molar-refractivity contribution is 5.76. The molecule has 2 saturated heterocycles. The van der Waals surface area contributed by atoms with E-state index in [-0.39, 0.29) is 12.0 Å². The summed E-state index contributed by atoms with van der Waals surface area (Å²) in [5.74, 6) is 0.171. The van der Waals surface area contributed by atoms with E-state index in [1.807, 2.05) is 15.7 Å². The van der Waals surface area contributed by atoms with Crippen molar-refractivity contribution in [2.24, 2.45) is 0 Å². The maximum atomic E-state index is 12.2. The van der Waals surface area contributed by atoms with Gasteiger partial charge in [-0.1, -0.05) is 0 Å². The second-order valence-electron chi connectivity index (χ2n) is 6.14. The molecule has 0 spiro atoms. The molecule has 21 heavy (non-hydrogen) atoms. The lowest BCUT2D eigenvalue weighted by Crippen LogP contribution is -2.51. The monoisotopic (exact) mass is 292 g/mol. The van der Waals surface area contributed by atoms with Gasteiger partial charge in [0.1, 0.15) is 6.54 Å². The number of imidazole rings is 1. The quantitative estimate of drug-likeness (QED) is 0.872. The summed E-state index contributed by atoms with van der Waals surface area (Å²) < 4.78 is 1.81. The highest BCUT2D eigenvalue weighted by atomic mass is 16.3. The van der Waals surface area contributed by atoms with Gasteiger partial charge in [-0.15, -0.1) is 0 Å². The lowest BCUT2D eigenvalue weighted by molar-refractivity contribution is -0.133. The normalized spacial score (nSPS) is 25.2. The van der Waals surface area contributed by atoms with Crippen LogP contribution in [0.1, 0.15) is 25.7 Å². The third-order valence-electron chi connectivity index (χ3n) is 4.64. The molecule has 3 heterocycles. The van der Waals surface area contributed by atoms with Crippen molar-refractivity contribution in [1.82, 2.24) is 19.4 Å². The molecular weight excluding hydrogens is 268 g/mol. The van der Waals surface area contributed by atoms with Crippen molar-refractivity contribution >= 4 is 5.91 Å². The number of rotatable bonds is 3. The summed E-state index contributed by atoms with van der Waals surface area (Å²) in [6.45, 7) is 3.92. The maximum Gasteiger partial charge on any atom is 0.242 e. The van der Waals surface area contributed by atoms with Crippen LogP contribution in [0.4, 0.5) is 0 Å². The Morgan fingerprint density at radius 2 is 2.05 bits per heavy atom. The summed E-state index contributed by atoms with van der Waals surface area (Å²) in [6, 6.07) is 0.525. The van der Waals surface area contributed by atoms with Crippen LogP contribution in [0.25, 0.3) is 0 Å². The number of carbonyl (C=O) groups excluding carboxylic acids is 1. The van der Waals surface area contributed by atoms with E-state index < -0.39 is 0 Å². The Bertz CT molecular complexity index is 454. The fourth-order valence-corrected chi connectivity index (χ4v) is 3.43. The van der Waals surface area contributed by atoms with Crippen LogP contribution in [-0.4, -0.2) is 68.7 Å². The molecule has 1 amide bonds. The zero-order valence-corrected chi connectivity index (χ0v) is 12.4. The number of aromatic nitrogens is 2. The molecule has 1 atom stereocenters. The van der Waals surface area contributed by atoms with Gasteiger partial charge in [0.25, 0.3) is 0 Å². The third kappa shape index (κ3) is 3.63. The van der Waals surface area contributed by atoms with E-state index in [4.69, 9.17) is 0 Å². The largest absolute Gasteiger partial charge is 0.392 e. The van der Waals surface area contributed by atoms with Crippen molar-refractivity contribution in [3.63, 3.8) is 0 Å². The molecule has 0 radical (unpaired) electrons. The first kappa shape index (κ1) is 14.5. The van der Waals surface area contributed by atoms with E-state index in [1.54, 1.807) is 12.5 Å². The van der Waals surface area contributed by atoms with E-state index >= 15 is 0 Å². The number of nitrogens with zero attached hydrogens (tertiary/aromatic N) is 4. The molecule has 3 rings (SSSR count). The number of piperidine rings is 2. The van der Waals surface area contributed by atoms with Crippen molar-refractivity contribution in [2.45, 2.75) is 44.4 Å². The molecule has 0 aliphatic carbocycles. The summed E-state index contributed by atoms with van der Waals surface area (Å²) >= 11 is 0. The fraction of sp³-hybridized carbons (Fsp3) is 0.733. The number of aliphatic hydroxyl groups excluding tert-OH is 1. The Labute approximate surface area is 125 Å². The summed E-state index contributed by atoms with van der Waals surface area (Å²) in [4.78, 5) is 20.6. The van der Waals surface area contributed by atoms with Crippen LogP contribution in [0.5, 0.6) is 0 Å². The number of hydrogen-bond acceptors (Lipinski definition) is 4. The molecule has 2 aliphatic rings. The van der Waals surface area contributed by atoms with Gasteiger partial charge in [-0.25, -0.2) is 4.98 Å². The van der Waals surface area contributed by atoms with Gasteiger partial charge in [0, 0.05) is 38.1 Å². The van der Waals surface area contributed by atoms with Crippen molar-refractivity contribution in [3.05, 3.63) is 18.7 Å². The van der Waals surface area contributed by atoms with Crippen molar-refractivity contribution in [2.75, 3.05) is 26.2 Å². The summed E-state index contributed by atoms with van der Waals surface area (Å²) in [5, 5.41) is 9.78. The van der Waals surface area contributed by atoms with Gasteiger partial charge in [0.2, 0.25) is 5.91 Å². The van der Waals surface area contributed by atoms with Crippen LogP contribution in [-0.2, 0) is 11.3 Å². The molecule has 0 bridgehead atoms. The standard InChI is InChI=1S/C15H24N4O2/c20-14-2-1-6-19(10-14)13-3-7-18(8-4-13)15(21)11-17-9-5-16-12-17/h5,9,12-14,20H,1-4,6-8,10-11H2. The first-order valence-corrected chi connectivity index (χ1v) is 7.88. The topological polar surface area (TPSA) is 61.6 Å². The van der Waals surface area contributed by atoms with Crippen molar-refractivity contribution < 1.29 is 9.90 Å². The average molecular weight is 292 g/mol. The molecule has 2 fully saturated rings. The molecule has 6 nitrogen and oxygen atoms in total. The number of hydrogen-bond donors (Lipinski definition) is 1. The van der Waals surface area contributed by atoms with E-state index in [1.165, 1.54) is 0 Å². The molecular formula is C15H24N4O2.